The van der Waals surface area contributed by atoms with Crippen molar-refractivity contribution in [2.75, 3.05) is 6.61 Å². The molecular weight excluding hydrogens is 184 g/mol. The van der Waals surface area contributed by atoms with Gasteiger partial charge in [-0.05, 0) is 26.3 Å². The number of ether oxygens (including phenoxy) is 1. The first kappa shape index (κ1) is 12.0. The smallest absolute Gasteiger partial charge is 0.111 e. The molecule has 0 aliphatic heterocycles. The Morgan fingerprint density at radius 1 is 1.67 bits per heavy atom. The van der Waals surface area contributed by atoms with E-state index >= 15 is 0 Å². The van der Waals surface area contributed by atoms with E-state index in [-0.39, 0.29) is 5.60 Å². The van der Waals surface area contributed by atoms with Gasteiger partial charge >= 0.3 is 0 Å². The van der Waals surface area contributed by atoms with Crippen LogP contribution in [0.3, 0.4) is 0 Å². The third-order valence-electron chi connectivity index (χ3n) is 2.91. The molecule has 1 heteroatoms. The standard InChI is InChI=1S/C14H20O/c1-6-8-15-14(7-2)10-12(5)9-13(14)11(3)4/h6-7,10,13H,1-3,8-9H2,4-5H3/t13?,14-/m0/s1. The monoisotopic (exact) mass is 204 g/mol. The summed E-state index contributed by atoms with van der Waals surface area (Å²) in [7, 11) is 0. The Morgan fingerprint density at radius 2 is 2.33 bits per heavy atom. The molecule has 0 amide bonds. The summed E-state index contributed by atoms with van der Waals surface area (Å²) in [5.41, 5.74) is 2.11. The second-order valence-corrected chi connectivity index (χ2v) is 4.25. The van der Waals surface area contributed by atoms with Crippen molar-refractivity contribution < 1.29 is 4.74 Å². The summed E-state index contributed by atoms with van der Waals surface area (Å²) in [6, 6.07) is 0. The van der Waals surface area contributed by atoms with Crippen LogP contribution < -0.4 is 0 Å². The molecular formula is C14H20O. The van der Waals surface area contributed by atoms with Gasteiger partial charge in [0, 0.05) is 5.92 Å². The first-order valence-electron chi connectivity index (χ1n) is 5.28. The highest BCUT2D eigenvalue weighted by atomic mass is 16.5. The molecule has 0 aromatic heterocycles. The normalized spacial score (nSPS) is 29.7. The second-order valence-electron chi connectivity index (χ2n) is 4.25. The minimum absolute atomic E-state index is 0.315. The van der Waals surface area contributed by atoms with Crippen LogP contribution in [0.5, 0.6) is 0 Å². The zero-order valence-electron chi connectivity index (χ0n) is 9.75. The van der Waals surface area contributed by atoms with Gasteiger partial charge in [0.15, 0.2) is 0 Å². The fourth-order valence-electron chi connectivity index (χ4n) is 2.19. The van der Waals surface area contributed by atoms with E-state index in [1.165, 1.54) is 5.57 Å². The molecule has 0 saturated heterocycles. The molecule has 1 rings (SSSR count). The van der Waals surface area contributed by atoms with Crippen molar-refractivity contribution in [3.05, 3.63) is 49.1 Å². The molecule has 0 radical (unpaired) electrons. The molecule has 0 bridgehead atoms. The van der Waals surface area contributed by atoms with Crippen LogP contribution in [0.2, 0.25) is 0 Å². The fourth-order valence-corrected chi connectivity index (χ4v) is 2.19. The molecule has 0 heterocycles. The van der Waals surface area contributed by atoms with Crippen molar-refractivity contribution in [1.82, 2.24) is 0 Å². The molecule has 0 spiro atoms. The largest absolute Gasteiger partial charge is 0.362 e. The van der Waals surface area contributed by atoms with Gasteiger partial charge in [0.1, 0.15) is 5.60 Å². The van der Waals surface area contributed by atoms with Gasteiger partial charge in [-0.1, -0.05) is 36.5 Å². The maximum atomic E-state index is 5.86. The van der Waals surface area contributed by atoms with Gasteiger partial charge in [-0.25, -0.2) is 0 Å². The van der Waals surface area contributed by atoms with Crippen LogP contribution in [0.1, 0.15) is 20.3 Å². The van der Waals surface area contributed by atoms with Crippen LogP contribution in [0.15, 0.2) is 49.1 Å². The summed E-state index contributed by atoms with van der Waals surface area (Å²) >= 11 is 0. The van der Waals surface area contributed by atoms with Gasteiger partial charge in [0.2, 0.25) is 0 Å². The average Bonchev–Trinajstić information content (AvgIpc) is 2.53. The summed E-state index contributed by atoms with van der Waals surface area (Å²) < 4.78 is 5.86. The van der Waals surface area contributed by atoms with Gasteiger partial charge in [-0.2, -0.15) is 0 Å². The van der Waals surface area contributed by atoms with Crippen LogP contribution in [-0.4, -0.2) is 12.2 Å². The molecule has 1 aliphatic rings. The lowest BCUT2D eigenvalue weighted by atomic mass is 9.85. The van der Waals surface area contributed by atoms with E-state index in [4.69, 9.17) is 4.74 Å². The predicted molar refractivity (Wildman–Crippen MR) is 65.8 cm³/mol. The van der Waals surface area contributed by atoms with Gasteiger partial charge < -0.3 is 4.74 Å². The van der Waals surface area contributed by atoms with Crippen molar-refractivity contribution in [2.24, 2.45) is 5.92 Å². The molecule has 82 valence electrons. The number of allylic oxidation sites excluding steroid dienone is 1. The SMILES string of the molecule is C=CCO[C@@]1(C=C)C=C(C)CC1C(=C)C. The second kappa shape index (κ2) is 4.63. The molecule has 0 aromatic carbocycles. The summed E-state index contributed by atoms with van der Waals surface area (Å²) in [5.74, 6) is 0.315. The zero-order valence-corrected chi connectivity index (χ0v) is 9.75. The van der Waals surface area contributed by atoms with Gasteiger partial charge in [-0.15, -0.1) is 6.58 Å². The molecule has 0 saturated carbocycles. The lowest BCUT2D eigenvalue weighted by Gasteiger charge is -2.31. The summed E-state index contributed by atoms with van der Waals surface area (Å²) in [4.78, 5) is 0. The molecule has 0 fully saturated rings. The lowest BCUT2D eigenvalue weighted by Crippen LogP contribution is -2.34. The van der Waals surface area contributed by atoms with Gasteiger partial charge in [0.05, 0.1) is 6.61 Å². The van der Waals surface area contributed by atoms with Crippen molar-refractivity contribution in [3.63, 3.8) is 0 Å². The van der Waals surface area contributed by atoms with Crippen LogP contribution in [-0.2, 0) is 4.74 Å². The molecule has 1 nitrogen and oxygen atoms in total. The average molecular weight is 204 g/mol. The Bertz CT molecular complexity index is 311. The highest BCUT2D eigenvalue weighted by Crippen LogP contribution is 2.41. The highest BCUT2D eigenvalue weighted by molar-refractivity contribution is 5.32. The molecule has 2 atom stereocenters. The Kier molecular flexibility index (Phi) is 3.70. The lowest BCUT2D eigenvalue weighted by molar-refractivity contribution is 0.0207. The third-order valence-corrected chi connectivity index (χ3v) is 2.91. The van der Waals surface area contributed by atoms with Crippen molar-refractivity contribution >= 4 is 0 Å². The van der Waals surface area contributed by atoms with E-state index in [1.807, 2.05) is 13.0 Å². The van der Waals surface area contributed by atoms with E-state index in [2.05, 4.69) is 32.7 Å². The van der Waals surface area contributed by atoms with E-state index in [9.17, 15) is 0 Å². The maximum Gasteiger partial charge on any atom is 0.111 e. The fraction of sp³-hybridized carbons (Fsp3) is 0.429. The van der Waals surface area contributed by atoms with Crippen molar-refractivity contribution in [1.29, 1.82) is 0 Å². The molecule has 15 heavy (non-hydrogen) atoms. The van der Waals surface area contributed by atoms with Crippen LogP contribution in [0.4, 0.5) is 0 Å². The van der Waals surface area contributed by atoms with Crippen LogP contribution in [0, 0.1) is 5.92 Å². The minimum atomic E-state index is -0.371. The summed E-state index contributed by atoms with van der Waals surface area (Å²) in [6.45, 7) is 16.3. The van der Waals surface area contributed by atoms with Crippen LogP contribution in [0.25, 0.3) is 0 Å². The van der Waals surface area contributed by atoms with Crippen molar-refractivity contribution in [2.45, 2.75) is 25.9 Å². The van der Waals surface area contributed by atoms with Gasteiger partial charge in [-0.3, -0.25) is 0 Å². The number of rotatable bonds is 5. The summed E-state index contributed by atoms with van der Waals surface area (Å²) in [5, 5.41) is 0. The van der Waals surface area contributed by atoms with Crippen molar-refractivity contribution in [3.8, 4) is 0 Å². The zero-order chi connectivity index (χ0) is 11.5. The molecule has 1 unspecified atom stereocenters. The number of hydrogen-bond donors (Lipinski definition) is 0. The topological polar surface area (TPSA) is 9.23 Å². The summed E-state index contributed by atoms with van der Waals surface area (Å²) in [6.07, 6.45) is 6.82. The van der Waals surface area contributed by atoms with E-state index in [0.29, 0.717) is 12.5 Å². The Hall–Kier alpha value is -1.08. The Labute approximate surface area is 92.8 Å². The van der Waals surface area contributed by atoms with Gasteiger partial charge in [0.25, 0.3) is 0 Å². The van der Waals surface area contributed by atoms with E-state index in [0.717, 1.165) is 12.0 Å². The first-order chi connectivity index (χ1) is 7.05. The molecule has 1 aliphatic carbocycles. The molecule has 0 aromatic rings. The Morgan fingerprint density at radius 3 is 2.80 bits per heavy atom. The van der Waals surface area contributed by atoms with E-state index in [1.54, 1.807) is 6.08 Å². The Balaban J connectivity index is 2.96. The quantitative estimate of drug-likeness (QED) is 0.621. The first-order valence-corrected chi connectivity index (χ1v) is 5.28. The third kappa shape index (κ3) is 2.29. The molecule has 0 N–H and O–H groups in total. The minimum Gasteiger partial charge on any atom is -0.362 e. The highest BCUT2D eigenvalue weighted by Gasteiger charge is 2.39. The predicted octanol–water partition coefficient (Wildman–Crippen LogP) is 3.66. The number of hydrogen-bond acceptors (Lipinski definition) is 1. The van der Waals surface area contributed by atoms with E-state index < -0.39 is 0 Å². The van der Waals surface area contributed by atoms with Crippen LogP contribution >= 0.6 is 0 Å². The maximum absolute atomic E-state index is 5.86.